The summed E-state index contributed by atoms with van der Waals surface area (Å²) in [5.41, 5.74) is -0.297. The van der Waals surface area contributed by atoms with E-state index in [0.29, 0.717) is 4.88 Å². The number of nitro groups is 1. The number of non-ortho nitro benzene ring substituents is 1. The van der Waals surface area contributed by atoms with E-state index in [1.54, 1.807) is 6.07 Å². The molecule has 32 heavy (non-hydrogen) atoms. The van der Waals surface area contributed by atoms with Gasteiger partial charge < -0.3 is 8.92 Å². The second kappa shape index (κ2) is 9.71. The molecule has 0 aliphatic carbocycles. The molecule has 0 N–H and O–H groups in total. The van der Waals surface area contributed by atoms with Crippen molar-refractivity contribution < 1.29 is 31.9 Å². The normalized spacial score (nSPS) is 11.0. The predicted octanol–water partition coefficient (Wildman–Crippen LogP) is 4.03. The van der Waals surface area contributed by atoms with E-state index in [-0.39, 0.29) is 22.0 Å². The van der Waals surface area contributed by atoms with Gasteiger partial charge in [-0.05, 0) is 48.9 Å². The monoisotopic (exact) mass is 475 g/mol. The number of ether oxygens (including phenoxy) is 1. The average molecular weight is 476 g/mol. The first kappa shape index (κ1) is 23.1. The Balaban J connectivity index is 1.62. The van der Waals surface area contributed by atoms with Gasteiger partial charge in [0.2, 0.25) is 5.78 Å². The Morgan fingerprint density at radius 1 is 1.06 bits per heavy atom. The molecular formula is C21H17NO8S2. The van der Waals surface area contributed by atoms with Crippen molar-refractivity contribution in [2.45, 2.75) is 18.2 Å². The molecule has 0 saturated carbocycles. The van der Waals surface area contributed by atoms with Gasteiger partial charge in [-0.25, -0.2) is 4.79 Å². The third kappa shape index (κ3) is 5.56. The second-order valence-electron chi connectivity index (χ2n) is 6.44. The van der Waals surface area contributed by atoms with Gasteiger partial charge in [0.05, 0.1) is 15.4 Å². The number of ketones is 1. The zero-order chi connectivity index (χ0) is 23.3. The fourth-order valence-electron chi connectivity index (χ4n) is 2.58. The zero-order valence-electron chi connectivity index (χ0n) is 16.7. The van der Waals surface area contributed by atoms with Gasteiger partial charge in [-0.2, -0.15) is 8.42 Å². The summed E-state index contributed by atoms with van der Waals surface area (Å²) in [6, 6.07) is 13.0. The van der Waals surface area contributed by atoms with Crippen molar-refractivity contribution in [1.29, 1.82) is 0 Å². The van der Waals surface area contributed by atoms with Gasteiger partial charge >= 0.3 is 16.1 Å². The number of carbonyl (C=O) groups excluding carboxylic acids is 2. The van der Waals surface area contributed by atoms with E-state index in [0.717, 1.165) is 23.4 Å². The van der Waals surface area contributed by atoms with Crippen molar-refractivity contribution in [2.24, 2.45) is 0 Å². The number of hydrogen-bond donors (Lipinski definition) is 0. The molecule has 0 radical (unpaired) electrons. The van der Waals surface area contributed by atoms with Crippen LogP contribution in [0.2, 0.25) is 0 Å². The van der Waals surface area contributed by atoms with Crippen LogP contribution in [0.15, 0.2) is 65.6 Å². The van der Waals surface area contributed by atoms with E-state index in [1.165, 1.54) is 47.7 Å². The predicted molar refractivity (Wildman–Crippen MR) is 116 cm³/mol. The SMILES string of the molecule is CCc1ccc(C(=O)COC(=O)c2ccc(OS(=O)(=O)c3cccc([N+](=O)[O-])c3)cc2)s1. The molecule has 0 aliphatic rings. The van der Waals surface area contributed by atoms with Crippen LogP contribution in [0, 0.1) is 10.1 Å². The molecule has 2 aromatic carbocycles. The summed E-state index contributed by atoms with van der Waals surface area (Å²) in [7, 11) is -4.32. The highest BCUT2D eigenvalue weighted by atomic mass is 32.2. The Labute approximate surface area is 187 Å². The highest BCUT2D eigenvalue weighted by molar-refractivity contribution is 7.87. The summed E-state index contributed by atoms with van der Waals surface area (Å²) in [6.45, 7) is 1.56. The first-order chi connectivity index (χ1) is 15.2. The first-order valence-electron chi connectivity index (χ1n) is 9.27. The minimum Gasteiger partial charge on any atom is -0.454 e. The molecule has 0 bridgehead atoms. The summed E-state index contributed by atoms with van der Waals surface area (Å²) in [5, 5.41) is 10.8. The molecule has 1 aromatic heterocycles. The molecule has 0 aliphatic heterocycles. The Kier molecular flexibility index (Phi) is 7.01. The number of carbonyl (C=O) groups is 2. The number of nitro benzene ring substituents is 1. The number of rotatable bonds is 9. The first-order valence-corrected chi connectivity index (χ1v) is 11.5. The van der Waals surface area contributed by atoms with E-state index in [9.17, 15) is 28.1 Å². The van der Waals surface area contributed by atoms with Crippen LogP contribution < -0.4 is 4.18 Å². The number of Topliss-reactive ketones (excluding diaryl/α,β-unsaturated/α-hetero) is 1. The maximum absolute atomic E-state index is 12.4. The van der Waals surface area contributed by atoms with Crippen LogP contribution in [0.25, 0.3) is 0 Å². The maximum Gasteiger partial charge on any atom is 0.339 e. The highest BCUT2D eigenvalue weighted by Gasteiger charge is 2.20. The Morgan fingerprint density at radius 2 is 1.78 bits per heavy atom. The second-order valence-corrected chi connectivity index (χ2v) is 9.15. The fraction of sp³-hybridized carbons (Fsp3) is 0.143. The number of aryl methyl sites for hydroxylation is 1. The molecule has 0 atom stereocenters. The Bertz CT molecular complexity index is 1260. The van der Waals surface area contributed by atoms with Gasteiger partial charge in [0.25, 0.3) is 5.69 Å². The van der Waals surface area contributed by atoms with Crippen molar-refractivity contribution in [3.05, 3.63) is 86.1 Å². The van der Waals surface area contributed by atoms with Crippen molar-refractivity contribution in [3.63, 3.8) is 0 Å². The van der Waals surface area contributed by atoms with Gasteiger partial charge in [-0.1, -0.05) is 13.0 Å². The third-order valence-electron chi connectivity index (χ3n) is 4.23. The van der Waals surface area contributed by atoms with Gasteiger partial charge in [-0.3, -0.25) is 14.9 Å². The molecule has 0 amide bonds. The lowest BCUT2D eigenvalue weighted by Gasteiger charge is -2.08. The molecule has 0 spiro atoms. The topological polar surface area (TPSA) is 130 Å². The zero-order valence-corrected chi connectivity index (χ0v) is 18.4. The highest BCUT2D eigenvalue weighted by Crippen LogP contribution is 2.23. The molecule has 9 nitrogen and oxygen atoms in total. The Morgan fingerprint density at radius 3 is 2.41 bits per heavy atom. The molecule has 1 heterocycles. The van der Waals surface area contributed by atoms with Gasteiger partial charge in [0.15, 0.2) is 6.61 Å². The lowest BCUT2D eigenvalue weighted by molar-refractivity contribution is -0.385. The van der Waals surface area contributed by atoms with Gasteiger partial charge in [-0.15, -0.1) is 11.3 Å². The Hall–Kier alpha value is -3.57. The number of esters is 1. The van der Waals surface area contributed by atoms with Crippen LogP contribution in [0.5, 0.6) is 5.75 Å². The summed E-state index contributed by atoms with van der Waals surface area (Å²) in [5.74, 6) is -1.17. The summed E-state index contributed by atoms with van der Waals surface area (Å²) in [6.07, 6.45) is 0.809. The van der Waals surface area contributed by atoms with Crippen molar-refractivity contribution >= 4 is 38.9 Å². The molecule has 3 rings (SSSR count). The number of hydrogen-bond acceptors (Lipinski definition) is 9. The lowest BCUT2D eigenvalue weighted by atomic mass is 10.2. The number of benzene rings is 2. The van der Waals surface area contributed by atoms with Crippen molar-refractivity contribution in [3.8, 4) is 5.75 Å². The maximum atomic E-state index is 12.4. The molecule has 166 valence electrons. The van der Waals surface area contributed by atoms with Crippen LogP contribution in [0.1, 0.15) is 31.8 Å². The average Bonchev–Trinajstić information content (AvgIpc) is 3.27. The van der Waals surface area contributed by atoms with Crippen molar-refractivity contribution in [1.82, 2.24) is 0 Å². The standard InChI is InChI=1S/C21H17NO8S2/c1-2-17-10-11-20(31-17)19(23)13-29-21(24)14-6-8-16(9-7-14)30-32(27,28)18-5-3-4-15(12-18)22(25)26/h3-12H,2,13H2,1H3. The van der Waals surface area contributed by atoms with E-state index in [1.807, 2.05) is 13.0 Å². The van der Waals surface area contributed by atoms with E-state index >= 15 is 0 Å². The number of nitrogens with zero attached hydrogens (tertiary/aromatic N) is 1. The largest absolute Gasteiger partial charge is 0.454 e. The van der Waals surface area contributed by atoms with Crippen molar-refractivity contribution in [2.75, 3.05) is 6.61 Å². The molecule has 0 saturated heterocycles. The quantitative estimate of drug-likeness (QED) is 0.149. The minimum absolute atomic E-state index is 0.0957. The van der Waals surface area contributed by atoms with E-state index < -0.39 is 33.3 Å². The lowest BCUT2D eigenvalue weighted by Crippen LogP contribution is -2.13. The third-order valence-corrected chi connectivity index (χ3v) is 6.75. The summed E-state index contributed by atoms with van der Waals surface area (Å²) < 4.78 is 34.7. The molecule has 0 unspecified atom stereocenters. The summed E-state index contributed by atoms with van der Waals surface area (Å²) >= 11 is 1.34. The number of thiophene rings is 1. The molecule has 11 heteroatoms. The van der Waals surface area contributed by atoms with Gasteiger partial charge in [0.1, 0.15) is 10.6 Å². The smallest absolute Gasteiger partial charge is 0.339 e. The molecule has 0 fully saturated rings. The molecule has 3 aromatic rings. The van der Waals surface area contributed by atoms with Crippen LogP contribution in [0.3, 0.4) is 0 Å². The molecular weight excluding hydrogens is 458 g/mol. The minimum atomic E-state index is -4.32. The van der Waals surface area contributed by atoms with Crippen LogP contribution in [-0.2, 0) is 21.3 Å². The van der Waals surface area contributed by atoms with Gasteiger partial charge in [0, 0.05) is 17.0 Å². The summed E-state index contributed by atoms with van der Waals surface area (Å²) in [4.78, 5) is 35.6. The van der Waals surface area contributed by atoms with Crippen LogP contribution in [0.4, 0.5) is 5.69 Å². The van der Waals surface area contributed by atoms with Crippen LogP contribution in [-0.4, -0.2) is 31.7 Å². The van der Waals surface area contributed by atoms with E-state index in [4.69, 9.17) is 8.92 Å². The fourth-order valence-corrected chi connectivity index (χ4v) is 4.42. The van der Waals surface area contributed by atoms with Crippen LogP contribution >= 0.6 is 11.3 Å². The van der Waals surface area contributed by atoms with E-state index in [2.05, 4.69) is 0 Å².